The Morgan fingerprint density at radius 1 is 1.21 bits per heavy atom. The molecule has 1 nitrogen and oxygen atoms in total. The second kappa shape index (κ2) is 6.80. The highest BCUT2D eigenvalue weighted by Gasteiger charge is 2.06. The third-order valence-electron chi connectivity index (χ3n) is 2.75. The molecule has 1 N–H and O–H groups in total. The lowest BCUT2D eigenvalue weighted by atomic mass is 10.1. The van der Waals surface area contributed by atoms with Gasteiger partial charge in [0.25, 0.3) is 0 Å². The standard InChI is InChI=1S/C15H14BrClOS/c1-10(18)12-4-7-15(14(16)8-12)19-9-11-2-5-13(17)6-3-11/h2-8,10,18H,9H2,1H3/t10-/m0/s1. The maximum absolute atomic E-state index is 9.53. The van der Waals surface area contributed by atoms with E-state index in [1.165, 1.54) is 10.5 Å². The molecule has 0 fully saturated rings. The second-order valence-electron chi connectivity index (χ2n) is 4.28. The van der Waals surface area contributed by atoms with Gasteiger partial charge in [0.1, 0.15) is 0 Å². The van der Waals surface area contributed by atoms with Gasteiger partial charge in [-0.2, -0.15) is 0 Å². The smallest absolute Gasteiger partial charge is 0.0762 e. The van der Waals surface area contributed by atoms with Crippen molar-refractivity contribution in [2.45, 2.75) is 23.7 Å². The van der Waals surface area contributed by atoms with Crippen molar-refractivity contribution in [1.82, 2.24) is 0 Å². The zero-order valence-electron chi connectivity index (χ0n) is 10.4. The molecule has 1 atom stereocenters. The zero-order valence-corrected chi connectivity index (χ0v) is 13.6. The third kappa shape index (κ3) is 4.25. The highest BCUT2D eigenvalue weighted by molar-refractivity contribution is 9.10. The molecule has 0 heterocycles. The van der Waals surface area contributed by atoms with Gasteiger partial charge < -0.3 is 5.11 Å². The number of aliphatic hydroxyl groups excluding tert-OH is 1. The van der Waals surface area contributed by atoms with Crippen LogP contribution in [-0.2, 0) is 5.75 Å². The molecular weight excluding hydrogens is 344 g/mol. The Hall–Kier alpha value is -0.480. The van der Waals surface area contributed by atoms with Gasteiger partial charge in [-0.05, 0) is 58.2 Å². The van der Waals surface area contributed by atoms with Crippen LogP contribution in [0.25, 0.3) is 0 Å². The van der Waals surface area contributed by atoms with E-state index < -0.39 is 6.10 Å². The molecule has 2 aromatic rings. The van der Waals surface area contributed by atoms with Crippen LogP contribution in [0, 0.1) is 0 Å². The third-order valence-corrected chi connectivity index (χ3v) is 5.06. The van der Waals surface area contributed by atoms with Crippen LogP contribution in [0.2, 0.25) is 5.02 Å². The molecule has 0 bridgehead atoms. The molecule has 0 aliphatic heterocycles. The molecule has 2 rings (SSSR count). The summed E-state index contributed by atoms with van der Waals surface area (Å²) in [6, 6.07) is 13.8. The first kappa shape index (κ1) is 14.9. The molecule has 0 saturated carbocycles. The Labute approximate surface area is 131 Å². The van der Waals surface area contributed by atoms with Gasteiger partial charge in [-0.15, -0.1) is 11.8 Å². The fraction of sp³-hybridized carbons (Fsp3) is 0.200. The number of benzene rings is 2. The molecule has 0 aromatic heterocycles. The Morgan fingerprint density at radius 2 is 1.89 bits per heavy atom. The van der Waals surface area contributed by atoms with Gasteiger partial charge in [0.05, 0.1) is 6.10 Å². The quantitative estimate of drug-likeness (QED) is 0.734. The van der Waals surface area contributed by atoms with Gasteiger partial charge in [-0.1, -0.05) is 29.8 Å². The second-order valence-corrected chi connectivity index (χ2v) is 6.59. The molecule has 100 valence electrons. The van der Waals surface area contributed by atoms with Crippen molar-refractivity contribution in [3.63, 3.8) is 0 Å². The first-order valence-electron chi connectivity index (χ1n) is 5.91. The number of thioether (sulfide) groups is 1. The molecule has 0 unspecified atom stereocenters. The van der Waals surface area contributed by atoms with E-state index in [2.05, 4.69) is 15.9 Å². The first-order valence-corrected chi connectivity index (χ1v) is 8.06. The van der Waals surface area contributed by atoms with Crippen LogP contribution < -0.4 is 0 Å². The summed E-state index contributed by atoms with van der Waals surface area (Å²) >= 11 is 11.2. The molecule has 2 aromatic carbocycles. The monoisotopic (exact) mass is 356 g/mol. The number of rotatable bonds is 4. The van der Waals surface area contributed by atoms with Gasteiger partial charge in [-0.3, -0.25) is 0 Å². The van der Waals surface area contributed by atoms with Crippen molar-refractivity contribution in [2.24, 2.45) is 0 Å². The summed E-state index contributed by atoms with van der Waals surface area (Å²) in [5.41, 5.74) is 2.16. The molecule has 19 heavy (non-hydrogen) atoms. The van der Waals surface area contributed by atoms with Crippen molar-refractivity contribution in [1.29, 1.82) is 0 Å². The normalized spacial score (nSPS) is 12.4. The summed E-state index contributed by atoms with van der Waals surface area (Å²) in [6.45, 7) is 1.77. The fourth-order valence-corrected chi connectivity index (χ4v) is 3.38. The van der Waals surface area contributed by atoms with E-state index in [-0.39, 0.29) is 0 Å². The summed E-state index contributed by atoms with van der Waals surface area (Å²) in [6.07, 6.45) is -0.438. The molecule has 0 amide bonds. The van der Waals surface area contributed by atoms with Gasteiger partial charge in [-0.25, -0.2) is 0 Å². The highest BCUT2D eigenvalue weighted by Crippen LogP contribution is 2.32. The van der Waals surface area contributed by atoms with E-state index in [0.29, 0.717) is 0 Å². The maximum atomic E-state index is 9.53. The van der Waals surface area contributed by atoms with Crippen LogP contribution in [0.15, 0.2) is 51.8 Å². The molecule has 0 radical (unpaired) electrons. The lowest BCUT2D eigenvalue weighted by molar-refractivity contribution is 0.199. The van der Waals surface area contributed by atoms with E-state index in [1.807, 2.05) is 42.5 Å². The first-order chi connectivity index (χ1) is 9.06. The molecule has 0 aliphatic carbocycles. The SMILES string of the molecule is C[C@H](O)c1ccc(SCc2ccc(Cl)cc2)c(Br)c1. The Bertz CT molecular complexity index is 555. The minimum Gasteiger partial charge on any atom is -0.389 e. The van der Waals surface area contributed by atoms with E-state index >= 15 is 0 Å². The van der Waals surface area contributed by atoms with Crippen molar-refractivity contribution in [3.05, 3.63) is 63.1 Å². The predicted octanol–water partition coefficient (Wildman–Crippen LogP) is 5.45. The van der Waals surface area contributed by atoms with E-state index in [1.54, 1.807) is 18.7 Å². The van der Waals surface area contributed by atoms with Crippen LogP contribution >= 0.6 is 39.3 Å². The molecule has 0 saturated heterocycles. The maximum Gasteiger partial charge on any atom is 0.0762 e. The lowest BCUT2D eigenvalue weighted by Gasteiger charge is -2.09. The topological polar surface area (TPSA) is 20.2 Å². The Kier molecular flexibility index (Phi) is 5.34. The van der Waals surface area contributed by atoms with Gasteiger partial charge in [0.2, 0.25) is 0 Å². The van der Waals surface area contributed by atoms with E-state index in [4.69, 9.17) is 11.6 Å². The summed E-state index contributed by atoms with van der Waals surface area (Å²) in [5, 5.41) is 10.3. The Morgan fingerprint density at radius 3 is 2.47 bits per heavy atom. The fourth-order valence-electron chi connectivity index (χ4n) is 1.64. The molecular formula is C15H14BrClOS. The number of aliphatic hydroxyl groups is 1. The summed E-state index contributed by atoms with van der Waals surface area (Å²) in [5.74, 6) is 0.893. The summed E-state index contributed by atoms with van der Waals surface area (Å²) in [7, 11) is 0. The largest absolute Gasteiger partial charge is 0.389 e. The van der Waals surface area contributed by atoms with Crippen LogP contribution in [0.3, 0.4) is 0 Å². The van der Waals surface area contributed by atoms with E-state index in [0.717, 1.165) is 20.8 Å². The summed E-state index contributed by atoms with van der Waals surface area (Å²) in [4.78, 5) is 1.17. The lowest BCUT2D eigenvalue weighted by Crippen LogP contribution is -1.91. The number of hydrogen-bond donors (Lipinski definition) is 1. The van der Waals surface area contributed by atoms with Crippen LogP contribution in [0.4, 0.5) is 0 Å². The average Bonchev–Trinajstić information content (AvgIpc) is 2.39. The van der Waals surface area contributed by atoms with Crippen molar-refractivity contribution < 1.29 is 5.11 Å². The van der Waals surface area contributed by atoms with Gasteiger partial charge >= 0.3 is 0 Å². The zero-order chi connectivity index (χ0) is 13.8. The number of hydrogen-bond acceptors (Lipinski definition) is 2. The molecule has 4 heteroatoms. The highest BCUT2D eigenvalue weighted by atomic mass is 79.9. The van der Waals surface area contributed by atoms with Crippen LogP contribution in [-0.4, -0.2) is 5.11 Å². The summed E-state index contributed by atoms with van der Waals surface area (Å²) < 4.78 is 1.02. The Balaban J connectivity index is 2.05. The van der Waals surface area contributed by atoms with Crippen molar-refractivity contribution in [2.75, 3.05) is 0 Å². The van der Waals surface area contributed by atoms with Gasteiger partial charge in [0.15, 0.2) is 0 Å². The minimum absolute atomic E-state index is 0.438. The van der Waals surface area contributed by atoms with Crippen LogP contribution in [0.5, 0.6) is 0 Å². The average molecular weight is 358 g/mol. The van der Waals surface area contributed by atoms with Gasteiger partial charge in [0, 0.05) is 20.1 Å². The van der Waals surface area contributed by atoms with E-state index in [9.17, 15) is 5.11 Å². The van der Waals surface area contributed by atoms with Crippen molar-refractivity contribution in [3.8, 4) is 0 Å². The minimum atomic E-state index is -0.438. The molecule has 0 spiro atoms. The molecule has 0 aliphatic rings. The van der Waals surface area contributed by atoms with Crippen LogP contribution in [0.1, 0.15) is 24.2 Å². The predicted molar refractivity (Wildman–Crippen MR) is 85.8 cm³/mol. The van der Waals surface area contributed by atoms with Crippen molar-refractivity contribution >= 4 is 39.3 Å². The number of halogens is 2.